The van der Waals surface area contributed by atoms with Crippen LogP contribution in [0.3, 0.4) is 0 Å². The van der Waals surface area contributed by atoms with Gasteiger partial charge in [-0.25, -0.2) is 27.4 Å². The fourth-order valence-corrected chi connectivity index (χ4v) is 3.80. The zero-order valence-electron chi connectivity index (χ0n) is 11.5. The van der Waals surface area contributed by atoms with Gasteiger partial charge in [0.1, 0.15) is 11.4 Å². The zero-order chi connectivity index (χ0) is 16.6. The highest BCUT2D eigenvalue weighted by atomic mass is 35.5. The zero-order valence-corrected chi connectivity index (χ0v) is 13.1. The third kappa shape index (κ3) is 2.40. The van der Waals surface area contributed by atoms with E-state index in [9.17, 15) is 13.2 Å². The Labute approximate surface area is 137 Å². The lowest BCUT2D eigenvalue weighted by atomic mass is 10.3. The SMILES string of the molecule is N#CCN1C(=O)N(c2cccc(Cl)c2)c2ncccc2S1(=O)=O. The number of carbonyl (C=O) groups excluding carboxylic acids is 1. The van der Waals surface area contributed by atoms with E-state index in [1.54, 1.807) is 24.3 Å². The average molecular weight is 349 g/mol. The van der Waals surface area contributed by atoms with Crippen LogP contribution in [-0.4, -0.2) is 30.3 Å². The minimum Gasteiger partial charge on any atom is -0.246 e. The molecule has 0 radical (unpaired) electrons. The number of carbonyl (C=O) groups is 1. The third-order valence-corrected chi connectivity index (χ3v) is 5.19. The van der Waals surface area contributed by atoms with Crippen molar-refractivity contribution < 1.29 is 13.2 Å². The van der Waals surface area contributed by atoms with Gasteiger partial charge in [0.05, 0.1) is 11.8 Å². The predicted octanol–water partition coefficient (Wildman–Crippen LogP) is 2.52. The van der Waals surface area contributed by atoms with Crippen molar-refractivity contribution in [1.82, 2.24) is 9.29 Å². The first-order valence-corrected chi connectivity index (χ1v) is 8.23. The summed E-state index contributed by atoms with van der Waals surface area (Å²) < 4.78 is 25.5. The molecule has 2 amide bonds. The number of sulfonamides is 1. The van der Waals surface area contributed by atoms with Gasteiger partial charge in [-0.2, -0.15) is 5.26 Å². The van der Waals surface area contributed by atoms with E-state index in [0.717, 1.165) is 4.90 Å². The number of urea groups is 1. The molecule has 1 aromatic carbocycles. The molecule has 0 aliphatic carbocycles. The predicted molar refractivity (Wildman–Crippen MR) is 82.7 cm³/mol. The largest absolute Gasteiger partial charge is 0.345 e. The second kappa shape index (κ2) is 5.53. The highest BCUT2D eigenvalue weighted by Gasteiger charge is 2.43. The molecular formula is C14H9ClN4O3S. The summed E-state index contributed by atoms with van der Waals surface area (Å²) in [6.45, 7) is -0.591. The van der Waals surface area contributed by atoms with Crippen LogP contribution in [0.5, 0.6) is 0 Å². The van der Waals surface area contributed by atoms with Crippen LogP contribution < -0.4 is 4.90 Å². The number of hydrogen-bond donors (Lipinski definition) is 0. The van der Waals surface area contributed by atoms with Gasteiger partial charge in [0.25, 0.3) is 10.0 Å². The molecule has 0 saturated heterocycles. The number of nitrogens with zero attached hydrogens (tertiary/aromatic N) is 4. The summed E-state index contributed by atoms with van der Waals surface area (Å²) in [6.07, 6.45) is 1.39. The van der Waals surface area contributed by atoms with Crippen LogP contribution in [0, 0.1) is 11.3 Å². The van der Waals surface area contributed by atoms with E-state index in [-0.39, 0.29) is 10.7 Å². The summed E-state index contributed by atoms with van der Waals surface area (Å²) >= 11 is 5.95. The summed E-state index contributed by atoms with van der Waals surface area (Å²) in [7, 11) is -4.12. The number of benzene rings is 1. The summed E-state index contributed by atoms with van der Waals surface area (Å²) in [5.41, 5.74) is 0.361. The minimum absolute atomic E-state index is 0.0195. The van der Waals surface area contributed by atoms with Crippen LogP contribution in [-0.2, 0) is 10.0 Å². The number of rotatable bonds is 2. The van der Waals surface area contributed by atoms with E-state index < -0.39 is 22.6 Å². The molecule has 2 aromatic rings. The van der Waals surface area contributed by atoms with Gasteiger partial charge < -0.3 is 0 Å². The Bertz CT molecular complexity index is 939. The van der Waals surface area contributed by atoms with E-state index >= 15 is 0 Å². The number of amides is 2. The van der Waals surface area contributed by atoms with Crippen LogP contribution in [0.25, 0.3) is 0 Å². The van der Waals surface area contributed by atoms with Gasteiger partial charge in [-0.05, 0) is 30.3 Å². The number of anilines is 2. The Morgan fingerprint density at radius 1 is 1.26 bits per heavy atom. The Morgan fingerprint density at radius 2 is 2.04 bits per heavy atom. The molecule has 0 N–H and O–H groups in total. The molecule has 0 saturated carbocycles. The molecule has 116 valence electrons. The summed E-state index contributed by atoms with van der Waals surface area (Å²) in [6, 6.07) is 9.98. The Morgan fingerprint density at radius 3 is 2.74 bits per heavy atom. The van der Waals surface area contributed by atoms with Crippen LogP contribution in [0.2, 0.25) is 5.02 Å². The molecule has 3 rings (SSSR count). The molecule has 0 atom stereocenters. The Balaban J connectivity index is 2.28. The Hall–Kier alpha value is -2.63. The van der Waals surface area contributed by atoms with Crippen LogP contribution in [0.4, 0.5) is 16.3 Å². The highest BCUT2D eigenvalue weighted by Crippen LogP contribution is 2.37. The van der Waals surface area contributed by atoms with Crippen molar-refractivity contribution in [3.63, 3.8) is 0 Å². The minimum atomic E-state index is -4.12. The maximum atomic E-state index is 12.6. The molecule has 1 aliphatic heterocycles. The molecule has 9 heteroatoms. The second-order valence-electron chi connectivity index (χ2n) is 4.59. The molecular weight excluding hydrogens is 340 g/mol. The molecule has 0 bridgehead atoms. The van der Waals surface area contributed by atoms with Crippen molar-refractivity contribution in [3.8, 4) is 6.07 Å². The molecule has 1 aromatic heterocycles. The van der Waals surface area contributed by atoms with E-state index in [0.29, 0.717) is 15.0 Å². The number of fused-ring (bicyclic) bond motifs is 1. The number of nitriles is 1. The summed E-state index contributed by atoms with van der Waals surface area (Å²) in [4.78, 5) is 17.6. The second-order valence-corrected chi connectivity index (χ2v) is 6.86. The molecule has 0 spiro atoms. The van der Waals surface area contributed by atoms with Crippen LogP contribution in [0.15, 0.2) is 47.5 Å². The summed E-state index contributed by atoms with van der Waals surface area (Å²) in [5.74, 6) is -0.0195. The first kappa shape index (κ1) is 15.3. The van der Waals surface area contributed by atoms with Gasteiger partial charge in [-0.3, -0.25) is 0 Å². The number of pyridine rings is 1. The number of halogens is 1. The summed E-state index contributed by atoms with van der Waals surface area (Å²) in [5, 5.41) is 9.24. The Kier molecular flexibility index (Phi) is 3.67. The third-order valence-electron chi connectivity index (χ3n) is 3.22. The molecule has 7 nitrogen and oxygen atoms in total. The van der Waals surface area contributed by atoms with Crippen molar-refractivity contribution in [3.05, 3.63) is 47.6 Å². The van der Waals surface area contributed by atoms with Gasteiger partial charge in [0.2, 0.25) is 0 Å². The smallest absolute Gasteiger partial charge is 0.246 e. The fourth-order valence-electron chi connectivity index (χ4n) is 2.24. The first-order valence-electron chi connectivity index (χ1n) is 6.41. The molecule has 0 fully saturated rings. The molecule has 1 aliphatic rings. The van der Waals surface area contributed by atoms with Gasteiger partial charge in [0, 0.05) is 11.2 Å². The monoisotopic (exact) mass is 348 g/mol. The fraction of sp³-hybridized carbons (Fsp3) is 0.0714. The highest BCUT2D eigenvalue weighted by molar-refractivity contribution is 7.90. The lowest BCUT2D eigenvalue weighted by Gasteiger charge is -2.34. The van der Waals surface area contributed by atoms with Gasteiger partial charge in [0.15, 0.2) is 5.82 Å². The number of aromatic nitrogens is 1. The normalized spacial score (nSPS) is 15.9. The van der Waals surface area contributed by atoms with Crippen LogP contribution in [0.1, 0.15) is 0 Å². The lowest BCUT2D eigenvalue weighted by Crippen LogP contribution is -2.49. The molecule has 23 heavy (non-hydrogen) atoms. The van der Waals surface area contributed by atoms with Crippen molar-refractivity contribution >= 4 is 39.2 Å². The lowest BCUT2D eigenvalue weighted by molar-refractivity contribution is 0.233. The van der Waals surface area contributed by atoms with Gasteiger partial charge in [-0.1, -0.05) is 17.7 Å². The van der Waals surface area contributed by atoms with E-state index in [1.807, 2.05) is 0 Å². The van der Waals surface area contributed by atoms with E-state index in [1.165, 1.54) is 24.4 Å². The average Bonchev–Trinajstić information content (AvgIpc) is 2.52. The van der Waals surface area contributed by atoms with Gasteiger partial charge in [-0.15, -0.1) is 0 Å². The standard InChI is InChI=1S/C14H9ClN4O3S/c15-10-3-1-4-11(9-10)19-13-12(5-2-7-17-13)23(21,22)18(8-6-16)14(19)20/h1-5,7,9H,8H2. The topological polar surface area (TPSA) is 94.4 Å². The van der Waals surface area contributed by atoms with Crippen molar-refractivity contribution in [2.45, 2.75) is 4.90 Å². The van der Waals surface area contributed by atoms with Crippen molar-refractivity contribution in [2.75, 3.05) is 11.4 Å². The van der Waals surface area contributed by atoms with Crippen LogP contribution >= 0.6 is 11.6 Å². The van der Waals surface area contributed by atoms with Gasteiger partial charge >= 0.3 is 6.03 Å². The maximum Gasteiger partial charge on any atom is 0.345 e. The van der Waals surface area contributed by atoms with Crippen molar-refractivity contribution in [2.24, 2.45) is 0 Å². The van der Waals surface area contributed by atoms with E-state index in [2.05, 4.69) is 4.98 Å². The van der Waals surface area contributed by atoms with E-state index in [4.69, 9.17) is 16.9 Å². The molecule has 0 unspecified atom stereocenters. The first-order chi connectivity index (χ1) is 11.0. The maximum absolute atomic E-state index is 12.6. The quantitative estimate of drug-likeness (QED) is 0.777. The molecule has 2 heterocycles. The van der Waals surface area contributed by atoms with Crippen molar-refractivity contribution in [1.29, 1.82) is 5.26 Å². The number of hydrogen-bond acceptors (Lipinski definition) is 5.